The van der Waals surface area contributed by atoms with Gasteiger partial charge in [0, 0.05) is 17.3 Å². The largest absolute Gasteiger partial charge is 1.00 e. The summed E-state index contributed by atoms with van der Waals surface area (Å²) in [4.78, 5) is 5.97. The van der Waals surface area contributed by atoms with Gasteiger partial charge >= 0.3 is 0 Å². The molecular formula is C23H20BrN2S-. The second kappa shape index (κ2) is 8.51. The Kier molecular flexibility index (Phi) is 6.09. The maximum atomic E-state index is 4.99. The molecule has 3 aromatic carbocycles. The smallest absolute Gasteiger partial charge is 0.190 e. The minimum Gasteiger partial charge on any atom is -1.00 e. The monoisotopic (exact) mass is 435 g/mol. The highest BCUT2D eigenvalue weighted by atomic mass is 79.9. The molecule has 4 aromatic rings. The zero-order valence-electron chi connectivity index (χ0n) is 15.1. The highest BCUT2D eigenvalue weighted by Crippen LogP contribution is 2.26. The Morgan fingerprint density at radius 2 is 1.74 bits per heavy atom. The summed E-state index contributed by atoms with van der Waals surface area (Å²) in [6, 6.07) is 23.3. The van der Waals surface area contributed by atoms with Gasteiger partial charge in [-0.1, -0.05) is 72.3 Å². The van der Waals surface area contributed by atoms with Crippen molar-refractivity contribution in [1.29, 1.82) is 0 Å². The van der Waals surface area contributed by atoms with Crippen LogP contribution in [0.3, 0.4) is 0 Å². The quantitative estimate of drug-likeness (QED) is 0.438. The van der Waals surface area contributed by atoms with E-state index >= 15 is 0 Å². The van der Waals surface area contributed by atoms with Gasteiger partial charge in [0.15, 0.2) is 4.80 Å². The van der Waals surface area contributed by atoms with Crippen molar-refractivity contribution in [2.45, 2.75) is 13.5 Å². The van der Waals surface area contributed by atoms with Crippen molar-refractivity contribution < 1.29 is 17.0 Å². The van der Waals surface area contributed by atoms with E-state index in [0.717, 1.165) is 17.0 Å². The molecular weight excluding hydrogens is 416 g/mol. The minimum atomic E-state index is 0. The third-order valence-electron chi connectivity index (χ3n) is 4.44. The lowest BCUT2D eigenvalue weighted by molar-refractivity contribution is -0.00000512. The van der Waals surface area contributed by atoms with Crippen LogP contribution < -0.4 is 21.8 Å². The fourth-order valence-corrected chi connectivity index (χ4v) is 4.02. The van der Waals surface area contributed by atoms with E-state index in [1.807, 2.05) is 6.08 Å². The van der Waals surface area contributed by atoms with Gasteiger partial charge < -0.3 is 21.5 Å². The molecule has 0 radical (unpaired) electrons. The molecule has 27 heavy (non-hydrogen) atoms. The lowest BCUT2D eigenvalue weighted by Gasteiger charge is -2.07. The minimum absolute atomic E-state index is 0. The summed E-state index contributed by atoms with van der Waals surface area (Å²) in [5.41, 5.74) is 4.64. The van der Waals surface area contributed by atoms with E-state index in [0.29, 0.717) is 0 Å². The molecule has 0 fully saturated rings. The number of benzene rings is 3. The summed E-state index contributed by atoms with van der Waals surface area (Å²) in [7, 11) is 0. The average Bonchev–Trinajstić information content (AvgIpc) is 3.06. The van der Waals surface area contributed by atoms with Gasteiger partial charge in [0.25, 0.3) is 0 Å². The summed E-state index contributed by atoms with van der Waals surface area (Å²) in [5.74, 6) is 0. The number of hydrogen-bond acceptors (Lipinski definition) is 2. The van der Waals surface area contributed by atoms with E-state index in [1.165, 1.54) is 27.6 Å². The first kappa shape index (κ1) is 19.3. The Morgan fingerprint density at radius 1 is 1.00 bits per heavy atom. The zero-order chi connectivity index (χ0) is 17.9. The molecule has 0 amide bonds. The normalized spacial score (nSPS) is 11.4. The van der Waals surface area contributed by atoms with Crippen molar-refractivity contribution >= 4 is 27.8 Å². The Bertz CT molecular complexity index is 1130. The molecule has 0 saturated heterocycles. The summed E-state index contributed by atoms with van der Waals surface area (Å²) < 4.78 is 2.23. The Labute approximate surface area is 173 Å². The topological polar surface area (TPSA) is 17.3 Å². The molecule has 1 heterocycles. The van der Waals surface area contributed by atoms with Crippen LogP contribution in [0.1, 0.15) is 5.56 Å². The van der Waals surface area contributed by atoms with Crippen LogP contribution in [0.15, 0.2) is 89.8 Å². The van der Waals surface area contributed by atoms with Gasteiger partial charge in [-0.05, 0) is 23.9 Å². The standard InChI is InChI=1S/C23H20N2S.BrH/c1-3-15-25-22(19-13-11-17(2)12-14-19)16-26-23(25)24-21-10-6-8-18-7-4-5-9-20(18)21;/h3-14,16H,1,15H2,2H3;1H/p-1. The number of thiazole rings is 1. The van der Waals surface area contributed by atoms with Crippen molar-refractivity contribution in [2.75, 3.05) is 0 Å². The Hall–Kier alpha value is -2.43. The van der Waals surface area contributed by atoms with Crippen molar-refractivity contribution in [3.8, 4) is 11.3 Å². The summed E-state index contributed by atoms with van der Waals surface area (Å²) in [5, 5.41) is 4.56. The third-order valence-corrected chi connectivity index (χ3v) is 5.30. The second-order valence-electron chi connectivity index (χ2n) is 6.28. The molecule has 0 atom stereocenters. The van der Waals surface area contributed by atoms with Gasteiger partial charge in [-0.3, -0.25) is 0 Å². The van der Waals surface area contributed by atoms with Gasteiger partial charge in [0.1, 0.15) is 0 Å². The number of allylic oxidation sites excluding steroid dienone is 1. The number of hydrogen-bond donors (Lipinski definition) is 0. The van der Waals surface area contributed by atoms with Gasteiger partial charge in [-0.25, -0.2) is 4.99 Å². The van der Waals surface area contributed by atoms with E-state index < -0.39 is 0 Å². The highest BCUT2D eigenvalue weighted by molar-refractivity contribution is 7.07. The molecule has 1 aromatic heterocycles. The summed E-state index contributed by atoms with van der Waals surface area (Å²) in [6.07, 6.45) is 1.92. The number of fused-ring (bicyclic) bond motifs is 1. The molecule has 0 unspecified atom stereocenters. The van der Waals surface area contributed by atoms with E-state index in [1.54, 1.807) is 11.3 Å². The van der Waals surface area contributed by atoms with Crippen molar-refractivity contribution in [3.05, 3.63) is 95.1 Å². The number of nitrogens with zero attached hydrogens (tertiary/aromatic N) is 2. The number of aryl methyl sites for hydroxylation is 1. The second-order valence-corrected chi connectivity index (χ2v) is 7.12. The first-order valence-corrected chi connectivity index (χ1v) is 9.53. The van der Waals surface area contributed by atoms with Gasteiger partial charge in [0.05, 0.1) is 11.4 Å². The maximum absolute atomic E-state index is 4.99. The Balaban J connectivity index is 0.00000210. The van der Waals surface area contributed by atoms with Crippen LogP contribution in [-0.4, -0.2) is 4.57 Å². The van der Waals surface area contributed by atoms with E-state index in [-0.39, 0.29) is 17.0 Å². The average molecular weight is 436 g/mol. The number of halogens is 1. The summed E-state index contributed by atoms with van der Waals surface area (Å²) in [6.45, 7) is 6.76. The zero-order valence-corrected chi connectivity index (χ0v) is 17.5. The fraction of sp³-hybridized carbons (Fsp3) is 0.0870. The van der Waals surface area contributed by atoms with Crippen molar-refractivity contribution in [3.63, 3.8) is 0 Å². The van der Waals surface area contributed by atoms with Crippen LogP contribution in [0.5, 0.6) is 0 Å². The SMILES string of the molecule is C=CCn1c(-c2ccc(C)cc2)csc1=Nc1cccc2ccccc12.[Br-]. The van der Waals surface area contributed by atoms with Gasteiger partial charge in [-0.15, -0.1) is 17.9 Å². The van der Waals surface area contributed by atoms with Crippen LogP contribution in [0, 0.1) is 6.92 Å². The van der Waals surface area contributed by atoms with Gasteiger partial charge in [0.2, 0.25) is 0 Å². The number of aromatic nitrogens is 1. The molecule has 0 N–H and O–H groups in total. The number of rotatable bonds is 4. The predicted octanol–water partition coefficient (Wildman–Crippen LogP) is 3.10. The first-order valence-electron chi connectivity index (χ1n) is 8.65. The lowest BCUT2D eigenvalue weighted by Crippen LogP contribution is -3.00. The molecule has 4 heteroatoms. The molecule has 136 valence electrons. The molecule has 0 aliphatic rings. The van der Waals surface area contributed by atoms with Crippen LogP contribution in [0.2, 0.25) is 0 Å². The van der Waals surface area contributed by atoms with Crippen LogP contribution >= 0.6 is 11.3 Å². The van der Waals surface area contributed by atoms with E-state index in [2.05, 4.69) is 90.2 Å². The Morgan fingerprint density at radius 3 is 2.52 bits per heavy atom. The fourth-order valence-electron chi connectivity index (χ4n) is 3.09. The maximum Gasteiger partial charge on any atom is 0.190 e. The molecule has 0 aliphatic heterocycles. The van der Waals surface area contributed by atoms with Crippen LogP contribution in [0.4, 0.5) is 5.69 Å². The highest BCUT2D eigenvalue weighted by Gasteiger charge is 2.08. The lowest BCUT2D eigenvalue weighted by atomic mass is 10.1. The van der Waals surface area contributed by atoms with E-state index in [9.17, 15) is 0 Å². The van der Waals surface area contributed by atoms with Gasteiger partial charge in [-0.2, -0.15) is 0 Å². The molecule has 0 saturated carbocycles. The molecule has 0 aliphatic carbocycles. The first-order chi connectivity index (χ1) is 12.8. The van der Waals surface area contributed by atoms with Crippen molar-refractivity contribution in [1.82, 2.24) is 4.57 Å². The van der Waals surface area contributed by atoms with Crippen molar-refractivity contribution in [2.24, 2.45) is 4.99 Å². The van der Waals surface area contributed by atoms with Crippen LogP contribution in [-0.2, 0) is 6.54 Å². The molecule has 4 rings (SSSR count). The molecule has 0 spiro atoms. The summed E-state index contributed by atoms with van der Waals surface area (Å²) >= 11 is 1.67. The predicted molar refractivity (Wildman–Crippen MR) is 112 cm³/mol. The molecule has 2 nitrogen and oxygen atoms in total. The van der Waals surface area contributed by atoms with Crippen LogP contribution in [0.25, 0.3) is 22.0 Å². The third kappa shape index (κ3) is 3.97. The molecule has 0 bridgehead atoms. The van der Waals surface area contributed by atoms with E-state index in [4.69, 9.17) is 4.99 Å².